The molecule has 2 heterocycles. The minimum atomic E-state index is -0.462. The lowest BCUT2D eigenvalue weighted by atomic mass is 10.0. The third-order valence-electron chi connectivity index (χ3n) is 4.04. The molecule has 1 aliphatic heterocycles. The Balaban J connectivity index is 1.62. The van der Waals surface area contributed by atoms with Gasteiger partial charge in [-0.1, -0.05) is 18.2 Å². The summed E-state index contributed by atoms with van der Waals surface area (Å²) in [5.41, 5.74) is 1.72. The van der Waals surface area contributed by atoms with E-state index in [4.69, 9.17) is 9.47 Å². The van der Waals surface area contributed by atoms with E-state index in [1.165, 1.54) is 29.5 Å². The van der Waals surface area contributed by atoms with Crippen LogP contribution in [0.5, 0.6) is 11.5 Å². The van der Waals surface area contributed by atoms with Crippen LogP contribution in [0.3, 0.4) is 0 Å². The van der Waals surface area contributed by atoms with E-state index in [1.54, 1.807) is 48.7 Å². The molecule has 0 N–H and O–H groups in total. The molecule has 0 saturated heterocycles. The molecule has 4 nitrogen and oxygen atoms in total. The molecule has 134 valence electrons. The molecule has 0 spiro atoms. The first-order valence-corrected chi connectivity index (χ1v) is 8.99. The van der Waals surface area contributed by atoms with Crippen LogP contribution in [0.15, 0.2) is 59.7 Å². The number of hydrogen-bond acceptors (Lipinski definition) is 5. The number of thiophene rings is 1. The molecule has 27 heavy (non-hydrogen) atoms. The first kappa shape index (κ1) is 17.2. The van der Waals surface area contributed by atoms with Crippen molar-refractivity contribution in [3.05, 3.63) is 87.1 Å². The van der Waals surface area contributed by atoms with Gasteiger partial charge in [-0.15, -0.1) is 11.3 Å². The van der Waals surface area contributed by atoms with Crippen LogP contribution in [0.1, 0.15) is 31.2 Å². The van der Waals surface area contributed by atoms with Gasteiger partial charge in [0.2, 0.25) is 5.78 Å². The van der Waals surface area contributed by atoms with Gasteiger partial charge >= 0.3 is 5.97 Å². The summed E-state index contributed by atoms with van der Waals surface area (Å²) in [5, 5.41) is 1.79. The fourth-order valence-corrected chi connectivity index (χ4v) is 3.40. The minimum Gasteiger partial charge on any atom is -0.452 e. The molecule has 2 aromatic carbocycles. The Labute approximate surface area is 158 Å². The van der Waals surface area contributed by atoms with E-state index >= 15 is 0 Å². The van der Waals surface area contributed by atoms with E-state index in [0.29, 0.717) is 33.1 Å². The zero-order valence-corrected chi connectivity index (χ0v) is 15.0. The van der Waals surface area contributed by atoms with Crippen LogP contribution in [0.4, 0.5) is 4.39 Å². The minimum absolute atomic E-state index is 0.140. The predicted molar refractivity (Wildman–Crippen MR) is 99.8 cm³/mol. The second-order valence-electron chi connectivity index (χ2n) is 5.97. The first-order valence-electron chi connectivity index (χ1n) is 8.11. The summed E-state index contributed by atoms with van der Waals surface area (Å²) in [6.07, 6.45) is 1.55. The number of allylic oxidation sites excluding steroid dienone is 1. The van der Waals surface area contributed by atoms with Crippen molar-refractivity contribution in [2.24, 2.45) is 0 Å². The normalized spacial score (nSPS) is 14.1. The van der Waals surface area contributed by atoms with Crippen molar-refractivity contribution in [2.75, 3.05) is 0 Å². The van der Waals surface area contributed by atoms with Crippen LogP contribution < -0.4 is 9.47 Å². The molecule has 0 aliphatic carbocycles. The van der Waals surface area contributed by atoms with Crippen molar-refractivity contribution >= 4 is 29.2 Å². The van der Waals surface area contributed by atoms with Gasteiger partial charge < -0.3 is 9.47 Å². The second kappa shape index (κ2) is 6.81. The first-order chi connectivity index (χ1) is 13.0. The van der Waals surface area contributed by atoms with Gasteiger partial charge in [-0.2, -0.15) is 0 Å². The summed E-state index contributed by atoms with van der Waals surface area (Å²) in [6.45, 7) is 1.75. The molecule has 0 amide bonds. The molecular formula is C21H13FO4S. The average molecular weight is 380 g/mol. The predicted octanol–water partition coefficient (Wildman–Crippen LogP) is 5.03. The van der Waals surface area contributed by atoms with Crippen molar-refractivity contribution in [3.63, 3.8) is 0 Å². The van der Waals surface area contributed by atoms with Crippen molar-refractivity contribution in [2.45, 2.75) is 6.92 Å². The number of esters is 1. The van der Waals surface area contributed by atoms with Crippen molar-refractivity contribution in [1.82, 2.24) is 0 Å². The number of Topliss-reactive ketones (excluding diaryl/α,β-unsaturated/α-hetero) is 1. The third kappa shape index (κ3) is 3.39. The number of ketones is 1. The van der Waals surface area contributed by atoms with Crippen molar-refractivity contribution in [3.8, 4) is 11.5 Å². The van der Waals surface area contributed by atoms with E-state index in [1.807, 2.05) is 0 Å². The van der Waals surface area contributed by atoms with E-state index in [2.05, 4.69) is 0 Å². The number of rotatable bonds is 3. The number of ether oxygens (including phenoxy) is 2. The van der Waals surface area contributed by atoms with Crippen molar-refractivity contribution in [1.29, 1.82) is 0 Å². The van der Waals surface area contributed by atoms with Gasteiger partial charge in [-0.3, -0.25) is 4.79 Å². The van der Waals surface area contributed by atoms with E-state index in [9.17, 15) is 14.0 Å². The van der Waals surface area contributed by atoms with Crippen LogP contribution in [-0.2, 0) is 0 Å². The van der Waals surface area contributed by atoms with Crippen LogP contribution >= 0.6 is 11.3 Å². The number of carbonyl (C=O) groups excluding carboxylic acids is 2. The summed E-state index contributed by atoms with van der Waals surface area (Å²) in [5.74, 6) is -0.296. The average Bonchev–Trinajstić information content (AvgIpc) is 3.26. The Morgan fingerprint density at radius 3 is 2.67 bits per heavy atom. The molecule has 1 aromatic heterocycles. The lowest BCUT2D eigenvalue weighted by molar-refractivity contribution is 0.0739. The Hall–Kier alpha value is -3.25. The standard InChI is InChI=1S/C21H13FO4S/c1-12-9-15(25-21(24)18-3-2-8-27-18)11-16-19(12)20(23)17(26-16)10-13-4-6-14(22)7-5-13/h2-11H,1H3/b17-10-. The number of carbonyl (C=O) groups is 2. The molecule has 4 rings (SSSR count). The van der Waals surface area contributed by atoms with Gasteiger partial charge in [0, 0.05) is 6.07 Å². The highest BCUT2D eigenvalue weighted by molar-refractivity contribution is 7.12. The highest BCUT2D eigenvalue weighted by Crippen LogP contribution is 2.37. The molecule has 1 aliphatic rings. The zero-order chi connectivity index (χ0) is 19.0. The summed E-state index contributed by atoms with van der Waals surface area (Å²) in [6, 6.07) is 12.3. The molecule has 6 heteroatoms. The van der Waals surface area contributed by atoms with E-state index in [-0.39, 0.29) is 17.4 Å². The lowest BCUT2D eigenvalue weighted by Gasteiger charge is -2.06. The number of aryl methyl sites for hydroxylation is 1. The number of halogens is 1. The Morgan fingerprint density at radius 1 is 1.19 bits per heavy atom. The highest BCUT2D eigenvalue weighted by atomic mass is 32.1. The topological polar surface area (TPSA) is 52.6 Å². The van der Waals surface area contributed by atoms with Gasteiger partial charge in [0.15, 0.2) is 5.76 Å². The highest BCUT2D eigenvalue weighted by Gasteiger charge is 2.30. The maximum Gasteiger partial charge on any atom is 0.353 e. The summed E-state index contributed by atoms with van der Waals surface area (Å²) >= 11 is 1.29. The van der Waals surface area contributed by atoms with Crippen LogP contribution in [0, 0.1) is 12.7 Å². The van der Waals surface area contributed by atoms with Gasteiger partial charge in [0.1, 0.15) is 22.2 Å². The smallest absolute Gasteiger partial charge is 0.353 e. The van der Waals surface area contributed by atoms with E-state index in [0.717, 1.165) is 0 Å². The quantitative estimate of drug-likeness (QED) is 0.363. The van der Waals surface area contributed by atoms with Crippen LogP contribution in [0.25, 0.3) is 6.08 Å². The molecule has 0 fully saturated rings. The second-order valence-corrected chi connectivity index (χ2v) is 6.92. The van der Waals surface area contributed by atoms with Gasteiger partial charge in [0.25, 0.3) is 0 Å². The molecule has 0 radical (unpaired) electrons. The maximum atomic E-state index is 13.0. The fraction of sp³-hybridized carbons (Fsp3) is 0.0476. The summed E-state index contributed by atoms with van der Waals surface area (Å²) in [4.78, 5) is 25.2. The monoisotopic (exact) mass is 380 g/mol. The van der Waals surface area contributed by atoms with Gasteiger partial charge in [-0.05, 0) is 53.8 Å². The largest absolute Gasteiger partial charge is 0.452 e. The van der Waals surface area contributed by atoms with E-state index < -0.39 is 5.97 Å². The number of hydrogen-bond donors (Lipinski definition) is 0. The Kier molecular flexibility index (Phi) is 4.33. The van der Waals surface area contributed by atoms with Crippen LogP contribution in [-0.4, -0.2) is 11.8 Å². The van der Waals surface area contributed by atoms with Crippen molar-refractivity contribution < 1.29 is 23.5 Å². The third-order valence-corrected chi connectivity index (χ3v) is 4.89. The molecule has 0 saturated carbocycles. The number of benzene rings is 2. The summed E-state index contributed by atoms with van der Waals surface area (Å²) in [7, 11) is 0. The fourth-order valence-electron chi connectivity index (χ4n) is 2.80. The lowest BCUT2D eigenvalue weighted by Crippen LogP contribution is -2.06. The summed E-state index contributed by atoms with van der Waals surface area (Å²) < 4.78 is 24.1. The molecule has 3 aromatic rings. The zero-order valence-electron chi connectivity index (χ0n) is 14.2. The van der Waals surface area contributed by atoms with Crippen LogP contribution in [0.2, 0.25) is 0 Å². The molecule has 0 bridgehead atoms. The Morgan fingerprint density at radius 2 is 1.96 bits per heavy atom. The van der Waals surface area contributed by atoms with Gasteiger partial charge in [-0.25, -0.2) is 9.18 Å². The van der Waals surface area contributed by atoms with Gasteiger partial charge in [0.05, 0.1) is 5.56 Å². The Bertz CT molecular complexity index is 1070. The maximum absolute atomic E-state index is 13.0. The molecular weight excluding hydrogens is 367 g/mol. The number of fused-ring (bicyclic) bond motifs is 1. The molecule has 0 atom stereocenters. The SMILES string of the molecule is Cc1cc(OC(=O)c2cccs2)cc2c1C(=O)/C(=C/c1ccc(F)cc1)O2. The molecule has 0 unspecified atom stereocenters.